The Morgan fingerprint density at radius 2 is 1.92 bits per heavy atom. The zero-order valence-corrected chi connectivity index (χ0v) is 14.7. The van der Waals surface area contributed by atoms with Gasteiger partial charge in [0.2, 0.25) is 6.79 Å². The summed E-state index contributed by atoms with van der Waals surface area (Å²) in [7, 11) is 5.53. The molecule has 2 unspecified atom stereocenters. The van der Waals surface area contributed by atoms with Crippen LogP contribution in [0.2, 0.25) is 0 Å². The first-order valence-electron chi connectivity index (χ1n) is 8.60. The minimum Gasteiger partial charge on any atom is -0.493 e. The second-order valence-corrected chi connectivity index (χ2v) is 6.86. The smallest absolute Gasteiger partial charge is 0.231 e. The van der Waals surface area contributed by atoms with E-state index in [1.807, 2.05) is 0 Å². The first-order chi connectivity index (χ1) is 12.2. The van der Waals surface area contributed by atoms with Crippen molar-refractivity contribution in [3.05, 3.63) is 58.1 Å². The molecule has 2 aliphatic carbocycles. The molecule has 0 saturated heterocycles. The molecule has 130 valence electrons. The molecule has 5 rings (SSSR count). The van der Waals surface area contributed by atoms with E-state index in [1.165, 1.54) is 22.3 Å². The molecule has 25 heavy (non-hydrogen) atoms. The highest BCUT2D eigenvalue weighted by atomic mass is 16.7. The number of hydrogen-bond donors (Lipinski definition) is 0. The number of benzene rings is 1. The summed E-state index contributed by atoms with van der Waals surface area (Å²) in [5.74, 6) is 3.37. The van der Waals surface area contributed by atoms with Crippen LogP contribution in [0.4, 0.5) is 0 Å². The molecular weight excluding hydrogens is 318 g/mol. The molecule has 2 aliphatic heterocycles. The predicted octanol–water partition coefficient (Wildman–Crippen LogP) is 3.04. The van der Waals surface area contributed by atoms with E-state index < -0.39 is 0 Å². The molecule has 0 aromatic heterocycles. The fourth-order valence-corrected chi connectivity index (χ4v) is 4.42. The molecule has 0 N–H and O–H groups in total. The van der Waals surface area contributed by atoms with Crippen molar-refractivity contribution in [3.8, 4) is 11.5 Å². The summed E-state index contributed by atoms with van der Waals surface area (Å²) >= 11 is 0. The third-order valence-electron chi connectivity index (χ3n) is 5.65. The van der Waals surface area contributed by atoms with Crippen LogP contribution in [0.5, 0.6) is 11.5 Å². The highest BCUT2D eigenvalue weighted by Crippen LogP contribution is 2.54. The summed E-state index contributed by atoms with van der Waals surface area (Å²) in [4.78, 5) is 2.40. The van der Waals surface area contributed by atoms with Crippen molar-refractivity contribution in [1.82, 2.24) is 4.90 Å². The Hall–Kier alpha value is -2.40. The van der Waals surface area contributed by atoms with Crippen molar-refractivity contribution in [2.45, 2.75) is 18.4 Å². The quantitative estimate of drug-likeness (QED) is 0.828. The summed E-state index contributed by atoms with van der Waals surface area (Å²) in [5.41, 5.74) is 5.18. The molecule has 2 atom stereocenters. The van der Waals surface area contributed by atoms with Gasteiger partial charge in [-0.15, -0.1) is 0 Å². The van der Waals surface area contributed by atoms with E-state index >= 15 is 0 Å². The van der Waals surface area contributed by atoms with Gasteiger partial charge >= 0.3 is 0 Å². The number of methoxy groups -OCH3 is 2. The van der Waals surface area contributed by atoms with Gasteiger partial charge in [-0.3, -0.25) is 4.90 Å². The number of likely N-dealkylation sites (N-methyl/N-ethyl adjacent to an activating group) is 1. The van der Waals surface area contributed by atoms with Crippen LogP contribution in [-0.2, 0) is 15.9 Å². The van der Waals surface area contributed by atoms with E-state index in [2.05, 4.69) is 36.2 Å². The number of fused-ring (bicyclic) bond motifs is 4. The zero-order chi connectivity index (χ0) is 17.1. The largest absolute Gasteiger partial charge is 0.493 e. The number of hydrogen-bond acceptors (Lipinski definition) is 5. The molecule has 0 spiro atoms. The molecule has 0 saturated carbocycles. The molecule has 0 fully saturated rings. The maximum absolute atomic E-state index is 5.89. The zero-order valence-electron chi connectivity index (χ0n) is 14.7. The van der Waals surface area contributed by atoms with Gasteiger partial charge in [0.15, 0.2) is 23.0 Å². The van der Waals surface area contributed by atoms with Gasteiger partial charge in [-0.05, 0) is 48.4 Å². The highest BCUT2D eigenvalue weighted by Gasteiger charge is 2.40. The Balaban J connectivity index is 1.77. The van der Waals surface area contributed by atoms with Crippen molar-refractivity contribution in [2.75, 3.05) is 34.6 Å². The third-order valence-corrected chi connectivity index (χ3v) is 5.65. The van der Waals surface area contributed by atoms with Crippen LogP contribution >= 0.6 is 0 Å². The first kappa shape index (κ1) is 14.9. The van der Waals surface area contributed by atoms with Crippen molar-refractivity contribution in [2.24, 2.45) is 0 Å². The van der Waals surface area contributed by atoms with E-state index in [0.717, 1.165) is 36.0 Å². The lowest BCUT2D eigenvalue weighted by molar-refractivity contribution is 0.173. The van der Waals surface area contributed by atoms with E-state index in [4.69, 9.17) is 18.9 Å². The minimum atomic E-state index is 0.0991. The van der Waals surface area contributed by atoms with Gasteiger partial charge in [-0.25, -0.2) is 0 Å². The topological polar surface area (TPSA) is 40.2 Å². The summed E-state index contributed by atoms with van der Waals surface area (Å²) in [6, 6.07) is 2.42. The predicted molar refractivity (Wildman–Crippen MR) is 92.6 cm³/mol. The van der Waals surface area contributed by atoms with Crippen LogP contribution in [0.3, 0.4) is 0 Å². The molecule has 5 nitrogen and oxygen atoms in total. The Labute approximate surface area is 147 Å². The second kappa shape index (κ2) is 5.30. The lowest BCUT2D eigenvalue weighted by atomic mass is 9.73. The monoisotopic (exact) mass is 339 g/mol. The fraction of sp³-hybridized carbons (Fsp3) is 0.400. The van der Waals surface area contributed by atoms with Crippen molar-refractivity contribution >= 4 is 0 Å². The second-order valence-electron chi connectivity index (χ2n) is 6.86. The van der Waals surface area contributed by atoms with E-state index in [9.17, 15) is 0 Å². The molecule has 0 bridgehead atoms. The maximum atomic E-state index is 5.89. The van der Waals surface area contributed by atoms with Gasteiger partial charge in [0.05, 0.1) is 20.3 Å². The normalized spacial score (nSPS) is 26.1. The molecule has 1 aromatic rings. The standard InChI is InChI=1S/C20H21NO4/c1-21-5-4-11-7-17-20(25-10-24-17)19-13-9-16(23-3)15(22-2)8-12(13)6-14(21)18(11)19/h6-9,13-14H,4-5,10H2,1-3H3. The maximum Gasteiger partial charge on any atom is 0.231 e. The van der Waals surface area contributed by atoms with E-state index in [0.29, 0.717) is 0 Å². The van der Waals surface area contributed by atoms with Crippen molar-refractivity contribution in [3.63, 3.8) is 0 Å². The van der Waals surface area contributed by atoms with E-state index in [1.54, 1.807) is 14.2 Å². The third kappa shape index (κ3) is 1.99. The van der Waals surface area contributed by atoms with Crippen LogP contribution in [0.25, 0.3) is 0 Å². The van der Waals surface area contributed by atoms with Crippen LogP contribution in [-0.4, -0.2) is 39.5 Å². The van der Waals surface area contributed by atoms with Crippen LogP contribution in [0, 0.1) is 0 Å². The molecule has 2 heterocycles. The Kier molecular flexibility index (Phi) is 3.16. The number of nitrogens with zero attached hydrogens (tertiary/aromatic N) is 1. The summed E-state index contributed by atoms with van der Waals surface area (Å²) < 4.78 is 22.7. The number of rotatable bonds is 2. The van der Waals surface area contributed by atoms with Gasteiger partial charge in [0.25, 0.3) is 0 Å². The average molecular weight is 339 g/mol. The van der Waals surface area contributed by atoms with Crippen LogP contribution in [0.1, 0.15) is 28.7 Å². The minimum absolute atomic E-state index is 0.0991. The van der Waals surface area contributed by atoms with Crippen LogP contribution in [0.15, 0.2) is 41.4 Å². The molecular formula is C20H21NO4. The Bertz CT molecular complexity index is 852. The lowest BCUT2D eigenvalue weighted by Crippen LogP contribution is -2.35. The first-order valence-corrected chi connectivity index (χ1v) is 8.60. The molecule has 0 amide bonds. The summed E-state index contributed by atoms with van der Waals surface area (Å²) in [6.07, 6.45) is 7.60. The van der Waals surface area contributed by atoms with Crippen molar-refractivity contribution < 1.29 is 18.9 Å². The van der Waals surface area contributed by atoms with Gasteiger partial charge in [-0.2, -0.15) is 0 Å². The molecule has 1 aromatic carbocycles. The molecule has 5 heteroatoms. The molecule has 0 radical (unpaired) electrons. The van der Waals surface area contributed by atoms with Gasteiger partial charge in [0.1, 0.15) is 0 Å². The van der Waals surface area contributed by atoms with Gasteiger partial charge in [0, 0.05) is 18.0 Å². The van der Waals surface area contributed by atoms with Crippen molar-refractivity contribution in [1.29, 1.82) is 0 Å². The number of allylic oxidation sites excluding steroid dienone is 3. The number of ether oxygens (including phenoxy) is 4. The Morgan fingerprint density at radius 3 is 2.72 bits per heavy atom. The average Bonchev–Trinajstić information content (AvgIpc) is 3.11. The summed E-state index contributed by atoms with van der Waals surface area (Å²) in [6.45, 7) is 1.32. The lowest BCUT2D eigenvalue weighted by Gasteiger charge is -2.40. The highest BCUT2D eigenvalue weighted by molar-refractivity contribution is 5.66. The van der Waals surface area contributed by atoms with Gasteiger partial charge in [-0.1, -0.05) is 6.08 Å². The van der Waals surface area contributed by atoms with Gasteiger partial charge < -0.3 is 18.9 Å². The Morgan fingerprint density at radius 1 is 1.08 bits per heavy atom. The SMILES string of the molecule is COC1=CC2=CC3c4c(cc5c(c4C2C=C1OC)OCO5)CCN3C. The fourth-order valence-electron chi connectivity index (χ4n) is 4.42. The molecule has 4 aliphatic rings. The summed E-state index contributed by atoms with van der Waals surface area (Å²) in [5, 5.41) is 0. The van der Waals surface area contributed by atoms with E-state index in [-0.39, 0.29) is 18.8 Å². The van der Waals surface area contributed by atoms with Crippen LogP contribution < -0.4 is 9.47 Å².